The molecule has 108 valence electrons. The second-order valence-corrected chi connectivity index (χ2v) is 8.13. The molecule has 0 radical (unpaired) electrons. The standard InChI is InChI=1S/C11H18N2O4S2/c1-3-18(14,15)12-9-10-19(16,17)13(2)11-7-5-4-6-8-11/h4-8,12H,3,9-10H2,1-2H3. The van der Waals surface area contributed by atoms with Crippen molar-refractivity contribution in [3.8, 4) is 0 Å². The highest BCUT2D eigenvalue weighted by molar-refractivity contribution is 7.93. The highest BCUT2D eigenvalue weighted by Gasteiger charge is 2.18. The summed E-state index contributed by atoms with van der Waals surface area (Å²) in [4.78, 5) is 0. The van der Waals surface area contributed by atoms with Gasteiger partial charge in [-0.1, -0.05) is 18.2 Å². The Hall–Kier alpha value is -1.12. The van der Waals surface area contributed by atoms with Crippen LogP contribution in [0.5, 0.6) is 0 Å². The van der Waals surface area contributed by atoms with E-state index in [-0.39, 0.29) is 18.1 Å². The molecule has 1 aromatic carbocycles. The van der Waals surface area contributed by atoms with E-state index in [1.807, 2.05) is 0 Å². The molecule has 6 nitrogen and oxygen atoms in total. The summed E-state index contributed by atoms with van der Waals surface area (Å²) in [5, 5.41) is 0. The Morgan fingerprint density at radius 2 is 1.68 bits per heavy atom. The predicted octanol–water partition coefficient (Wildman–Crippen LogP) is 0.392. The van der Waals surface area contributed by atoms with Gasteiger partial charge in [0.2, 0.25) is 20.0 Å². The van der Waals surface area contributed by atoms with Crippen LogP contribution in [0.25, 0.3) is 0 Å². The van der Waals surface area contributed by atoms with E-state index >= 15 is 0 Å². The number of hydrogen-bond acceptors (Lipinski definition) is 4. The van der Waals surface area contributed by atoms with Crippen LogP contribution < -0.4 is 9.03 Å². The molecular weight excluding hydrogens is 288 g/mol. The van der Waals surface area contributed by atoms with Gasteiger partial charge in [0.15, 0.2) is 0 Å². The zero-order valence-corrected chi connectivity index (χ0v) is 12.5. The lowest BCUT2D eigenvalue weighted by molar-refractivity contribution is 0.581. The normalized spacial score (nSPS) is 12.3. The van der Waals surface area contributed by atoms with E-state index in [1.165, 1.54) is 14.0 Å². The van der Waals surface area contributed by atoms with Gasteiger partial charge in [-0.3, -0.25) is 4.31 Å². The third kappa shape index (κ3) is 4.81. The molecule has 0 aliphatic heterocycles. The molecule has 0 unspecified atom stereocenters. The fourth-order valence-electron chi connectivity index (χ4n) is 1.36. The molecule has 1 rings (SSSR count). The zero-order chi connectivity index (χ0) is 14.5. The lowest BCUT2D eigenvalue weighted by atomic mass is 10.3. The lowest BCUT2D eigenvalue weighted by Crippen LogP contribution is -2.36. The van der Waals surface area contributed by atoms with Crippen molar-refractivity contribution in [3.05, 3.63) is 30.3 Å². The van der Waals surface area contributed by atoms with E-state index in [0.717, 1.165) is 4.31 Å². The van der Waals surface area contributed by atoms with Crippen molar-refractivity contribution in [2.75, 3.05) is 29.4 Å². The first kappa shape index (κ1) is 15.9. The van der Waals surface area contributed by atoms with Crippen molar-refractivity contribution in [2.24, 2.45) is 0 Å². The Morgan fingerprint density at radius 3 is 2.21 bits per heavy atom. The predicted molar refractivity (Wildman–Crippen MR) is 76.1 cm³/mol. The molecule has 0 spiro atoms. The Kier molecular flexibility index (Phi) is 5.33. The minimum absolute atomic E-state index is 0.0679. The number of sulfonamides is 2. The van der Waals surface area contributed by atoms with Crippen LogP contribution in [0.4, 0.5) is 5.69 Å². The highest BCUT2D eigenvalue weighted by Crippen LogP contribution is 2.14. The van der Waals surface area contributed by atoms with Crippen LogP contribution in [0, 0.1) is 0 Å². The molecule has 19 heavy (non-hydrogen) atoms. The van der Waals surface area contributed by atoms with Crippen molar-refractivity contribution in [1.29, 1.82) is 0 Å². The van der Waals surface area contributed by atoms with Gasteiger partial charge in [-0.15, -0.1) is 0 Å². The number of para-hydroxylation sites is 1. The highest BCUT2D eigenvalue weighted by atomic mass is 32.2. The molecule has 8 heteroatoms. The van der Waals surface area contributed by atoms with Crippen molar-refractivity contribution in [3.63, 3.8) is 0 Å². The van der Waals surface area contributed by atoms with Crippen LogP contribution in [0.1, 0.15) is 6.92 Å². The van der Waals surface area contributed by atoms with Gasteiger partial charge in [0, 0.05) is 13.6 Å². The number of nitrogens with zero attached hydrogens (tertiary/aromatic N) is 1. The molecule has 0 atom stereocenters. The van der Waals surface area contributed by atoms with E-state index in [0.29, 0.717) is 5.69 Å². The van der Waals surface area contributed by atoms with Gasteiger partial charge < -0.3 is 0 Å². The van der Waals surface area contributed by atoms with Crippen molar-refractivity contribution in [2.45, 2.75) is 6.92 Å². The van der Waals surface area contributed by atoms with Gasteiger partial charge in [0.05, 0.1) is 17.2 Å². The Morgan fingerprint density at radius 1 is 1.11 bits per heavy atom. The minimum Gasteiger partial charge on any atom is -0.273 e. The van der Waals surface area contributed by atoms with Gasteiger partial charge >= 0.3 is 0 Å². The second kappa shape index (κ2) is 6.36. The summed E-state index contributed by atoms with van der Waals surface area (Å²) in [5.74, 6) is -0.348. The van der Waals surface area contributed by atoms with Crippen LogP contribution in [-0.2, 0) is 20.0 Å². The number of rotatable bonds is 7. The summed E-state index contributed by atoms with van der Waals surface area (Å²) in [6, 6.07) is 8.61. The largest absolute Gasteiger partial charge is 0.273 e. The third-order valence-corrected chi connectivity index (χ3v) is 5.77. The van der Waals surface area contributed by atoms with Crippen LogP contribution in [0.2, 0.25) is 0 Å². The minimum atomic E-state index is -3.54. The number of benzene rings is 1. The molecule has 0 heterocycles. The van der Waals surface area contributed by atoms with Gasteiger partial charge in [0.25, 0.3) is 0 Å². The molecule has 0 fully saturated rings. The van der Waals surface area contributed by atoms with Gasteiger partial charge in [0.1, 0.15) is 0 Å². The number of hydrogen-bond donors (Lipinski definition) is 1. The fraction of sp³-hybridized carbons (Fsp3) is 0.455. The molecule has 0 saturated carbocycles. The van der Waals surface area contributed by atoms with E-state index in [2.05, 4.69) is 4.72 Å². The summed E-state index contributed by atoms with van der Waals surface area (Å²) in [6.45, 7) is 1.36. The van der Waals surface area contributed by atoms with Crippen molar-refractivity contribution < 1.29 is 16.8 Å². The van der Waals surface area contributed by atoms with E-state index in [1.54, 1.807) is 30.3 Å². The average molecular weight is 306 g/mol. The van der Waals surface area contributed by atoms with E-state index < -0.39 is 20.0 Å². The smallest absolute Gasteiger partial charge is 0.236 e. The first-order valence-corrected chi connectivity index (χ1v) is 9.03. The average Bonchev–Trinajstić information content (AvgIpc) is 2.38. The molecule has 0 aliphatic rings. The number of anilines is 1. The van der Waals surface area contributed by atoms with Gasteiger partial charge in [-0.25, -0.2) is 21.6 Å². The fourth-order valence-corrected chi connectivity index (χ4v) is 3.19. The summed E-state index contributed by atoms with van der Waals surface area (Å²) in [6.07, 6.45) is 0. The molecule has 0 saturated heterocycles. The quantitative estimate of drug-likeness (QED) is 0.790. The third-order valence-electron chi connectivity index (χ3n) is 2.60. The van der Waals surface area contributed by atoms with Gasteiger partial charge in [-0.05, 0) is 19.1 Å². The van der Waals surface area contributed by atoms with E-state index in [4.69, 9.17) is 0 Å². The van der Waals surface area contributed by atoms with Crippen LogP contribution in [-0.4, -0.2) is 41.9 Å². The second-order valence-electron chi connectivity index (χ2n) is 3.92. The summed E-state index contributed by atoms with van der Waals surface area (Å²) in [5.41, 5.74) is 0.542. The first-order chi connectivity index (χ1) is 8.78. The molecule has 1 aromatic rings. The maximum atomic E-state index is 12.0. The monoisotopic (exact) mass is 306 g/mol. The molecule has 1 N–H and O–H groups in total. The Bertz CT molecular complexity index is 597. The van der Waals surface area contributed by atoms with Crippen molar-refractivity contribution >= 4 is 25.7 Å². The van der Waals surface area contributed by atoms with Gasteiger partial charge in [-0.2, -0.15) is 0 Å². The van der Waals surface area contributed by atoms with Crippen LogP contribution in [0.15, 0.2) is 30.3 Å². The van der Waals surface area contributed by atoms with E-state index in [9.17, 15) is 16.8 Å². The molecule has 0 amide bonds. The maximum absolute atomic E-state index is 12.0. The lowest BCUT2D eigenvalue weighted by Gasteiger charge is -2.19. The first-order valence-electron chi connectivity index (χ1n) is 5.77. The maximum Gasteiger partial charge on any atom is 0.236 e. The summed E-state index contributed by atoms with van der Waals surface area (Å²) < 4.78 is 49.8. The zero-order valence-electron chi connectivity index (χ0n) is 10.9. The topological polar surface area (TPSA) is 83.5 Å². The molecule has 0 bridgehead atoms. The summed E-state index contributed by atoms with van der Waals surface area (Å²) >= 11 is 0. The molecule has 0 aromatic heterocycles. The summed E-state index contributed by atoms with van der Waals surface area (Å²) in [7, 11) is -5.46. The SMILES string of the molecule is CCS(=O)(=O)NCCS(=O)(=O)N(C)c1ccccc1. The van der Waals surface area contributed by atoms with Crippen molar-refractivity contribution in [1.82, 2.24) is 4.72 Å². The number of nitrogens with one attached hydrogen (secondary N) is 1. The molecule has 0 aliphatic carbocycles. The Labute approximate surface area is 114 Å². The molecular formula is C11H18N2O4S2. The Balaban J connectivity index is 2.67. The van der Waals surface area contributed by atoms with Crippen LogP contribution in [0.3, 0.4) is 0 Å². The van der Waals surface area contributed by atoms with Crippen LogP contribution >= 0.6 is 0 Å².